The number of rotatable bonds is 2. The molecule has 0 radical (unpaired) electrons. The van der Waals surface area contributed by atoms with Crippen LogP contribution in [0.15, 0.2) is 12.1 Å². The van der Waals surface area contributed by atoms with Crippen molar-refractivity contribution in [3.63, 3.8) is 0 Å². The highest BCUT2D eigenvalue weighted by Crippen LogP contribution is 2.17. The van der Waals surface area contributed by atoms with E-state index in [2.05, 4.69) is 39.8 Å². The molecule has 0 N–H and O–H groups in total. The van der Waals surface area contributed by atoms with Crippen LogP contribution in [-0.4, -0.2) is 0 Å². The predicted octanol–water partition coefficient (Wildman–Crippen LogP) is 4.59. The minimum absolute atomic E-state index is 1.22. The molecular formula is C14H24. The maximum absolute atomic E-state index is 2.28. The van der Waals surface area contributed by atoms with E-state index < -0.39 is 0 Å². The van der Waals surface area contributed by atoms with Crippen molar-refractivity contribution in [3.05, 3.63) is 34.4 Å². The van der Waals surface area contributed by atoms with Gasteiger partial charge in [0.05, 0.1) is 0 Å². The van der Waals surface area contributed by atoms with Gasteiger partial charge in [-0.15, -0.1) is 0 Å². The van der Waals surface area contributed by atoms with Crippen LogP contribution in [0.5, 0.6) is 0 Å². The second-order valence-corrected chi connectivity index (χ2v) is 3.63. The quantitative estimate of drug-likeness (QED) is 0.643. The van der Waals surface area contributed by atoms with Gasteiger partial charge in [-0.25, -0.2) is 0 Å². The molecule has 0 aliphatic rings. The molecule has 0 heteroatoms. The van der Waals surface area contributed by atoms with Crippen molar-refractivity contribution in [3.8, 4) is 0 Å². The first-order valence-electron chi connectivity index (χ1n) is 5.72. The lowest BCUT2D eigenvalue weighted by Gasteiger charge is -2.09. The summed E-state index contributed by atoms with van der Waals surface area (Å²) in [6.45, 7) is 12.8. The molecule has 0 aliphatic heterocycles. The van der Waals surface area contributed by atoms with Gasteiger partial charge in [0, 0.05) is 0 Å². The van der Waals surface area contributed by atoms with E-state index >= 15 is 0 Å². The Bertz CT molecular complexity index is 248. The molecule has 0 unspecified atom stereocenters. The highest BCUT2D eigenvalue weighted by molar-refractivity contribution is 5.37. The maximum atomic E-state index is 2.28. The zero-order valence-electron chi connectivity index (χ0n) is 10.6. The highest BCUT2D eigenvalue weighted by atomic mass is 14.1. The van der Waals surface area contributed by atoms with E-state index in [1.54, 1.807) is 5.56 Å². The first-order chi connectivity index (χ1) is 6.65. The Labute approximate surface area is 89.4 Å². The molecule has 0 spiro atoms. The second-order valence-electron chi connectivity index (χ2n) is 3.63. The minimum atomic E-state index is 1.22. The summed E-state index contributed by atoms with van der Waals surface area (Å²) in [4.78, 5) is 0. The lowest BCUT2D eigenvalue weighted by atomic mass is 9.97. The Morgan fingerprint density at radius 2 is 1.36 bits per heavy atom. The molecule has 0 aromatic heterocycles. The highest BCUT2D eigenvalue weighted by Gasteiger charge is 2.01. The van der Waals surface area contributed by atoms with Crippen molar-refractivity contribution in [1.82, 2.24) is 0 Å². The third kappa shape index (κ3) is 3.53. The molecule has 1 aromatic rings. The van der Waals surface area contributed by atoms with Gasteiger partial charge in [0.1, 0.15) is 0 Å². The largest absolute Gasteiger partial charge is 0.0683 e. The van der Waals surface area contributed by atoms with E-state index in [1.807, 2.05) is 13.8 Å². The topological polar surface area (TPSA) is 0 Å². The number of benzene rings is 1. The third-order valence-corrected chi connectivity index (χ3v) is 2.34. The average molecular weight is 192 g/mol. The van der Waals surface area contributed by atoms with Crippen molar-refractivity contribution in [2.75, 3.05) is 0 Å². The normalized spacial score (nSPS) is 9.29. The summed E-state index contributed by atoms with van der Waals surface area (Å²) in [6, 6.07) is 4.55. The first-order valence-corrected chi connectivity index (χ1v) is 5.72. The summed E-state index contributed by atoms with van der Waals surface area (Å²) >= 11 is 0. The van der Waals surface area contributed by atoms with Crippen LogP contribution in [0.4, 0.5) is 0 Å². The van der Waals surface area contributed by atoms with Gasteiger partial charge in [-0.05, 0) is 43.9 Å². The molecule has 1 rings (SSSR count). The van der Waals surface area contributed by atoms with Crippen molar-refractivity contribution >= 4 is 0 Å². The van der Waals surface area contributed by atoms with Crippen LogP contribution in [0.1, 0.15) is 49.4 Å². The second kappa shape index (κ2) is 6.64. The minimum Gasteiger partial charge on any atom is -0.0683 e. The number of hydrogen-bond donors (Lipinski definition) is 0. The van der Waals surface area contributed by atoms with Crippen LogP contribution in [0.25, 0.3) is 0 Å². The molecule has 0 atom stereocenters. The van der Waals surface area contributed by atoms with Crippen LogP contribution in [-0.2, 0) is 6.42 Å². The molecular weight excluding hydrogens is 168 g/mol. The third-order valence-electron chi connectivity index (χ3n) is 2.34. The van der Waals surface area contributed by atoms with Gasteiger partial charge < -0.3 is 0 Å². The number of aryl methyl sites for hydroxylation is 3. The van der Waals surface area contributed by atoms with Crippen LogP contribution in [0.2, 0.25) is 0 Å². The monoisotopic (exact) mass is 192 g/mol. The zero-order valence-corrected chi connectivity index (χ0v) is 10.6. The fourth-order valence-corrected chi connectivity index (χ4v) is 1.85. The Hall–Kier alpha value is -0.780. The fraction of sp³-hybridized carbons (Fsp3) is 0.571. The summed E-state index contributed by atoms with van der Waals surface area (Å²) in [5.74, 6) is 0. The molecule has 0 saturated carbocycles. The standard InChI is InChI=1S/C12H18.C2H6/c1-5-6-12-10(3)7-9(2)8-11(12)4;1-2/h7-8H,5-6H2,1-4H3;1-2H3. The number of hydrogen-bond acceptors (Lipinski definition) is 0. The smallest absolute Gasteiger partial charge is 0.0276 e. The van der Waals surface area contributed by atoms with Crippen LogP contribution in [0, 0.1) is 20.8 Å². The Kier molecular flexibility index (Phi) is 6.27. The molecule has 0 bridgehead atoms. The summed E-state index contributed by atoms with van der Waals surface area (Å²) in [7, 11) is 0. The van der Waals surface area contributed by atoms with Gasteiger partial charge in [-0.3, -0.25) is 0 Å². The van der Waals surface area contributed by atoms with Gasteiger partial charge in [-0.1, -0.05) is 44.9 Å². The molecule has 80 valence electrons. The summed E-state index contributed by atoms with van der Waals surface area (Å²) in [5.41, 5.74) is 5.83. The zero-order chi connectivity index (χ0) is 11.1. The van der Waals surface area contributed by atoms with Gasteiger partial charge in [0.2, 0.25) is 0 Å². The summed E-state index contributed by atoms with van der Waals surface area (Å²) in [5, 5.41) is 0. The van der Waals surface area contributed by atoms with Crippen molar-refractivity contribution in [2.24, 2.45) is 0 Å². The lowest BCUT2D eigenvalue weighted by molar-refractivity contribution is 0.902. The SMILES string of the molecule is CC.CCCc1c(C)cc(C)cc1C. The van der Waals surface area contributed by atoms with E-state index in [9.17, 15) is 0 Å². The van der Waals surface area contributed by atoms with E-state index in [0.717, 1.165) is 0 Å². The first kappa shape index (κ1) is 13.2. The molecule has 0 heterocycles. The molecule has 0 fully saturated rings. The van der Waals surface area contributed by atoms with Crippen LogP contribution < -0.4 is 0 Å². The van der Waals surface area contributed by atoms with Gasteiger partial charge in [0.15, 0.2) is 0 Å². The van der Waals surface area contributed by atoms with Crippen molar-refractivity contribution in [1.29, 1.82) is 0 Å². The Balaban J connectivity index is 0.000000791. The van der Waals surface area contributed by atoms with Crippen molar-refractivity contribution < 1.29 is 0 Å². The molecule has 0 nitrogen and oxygen atoms in total. The molecule has 1 aromatic carbocycles. The van der Waals surface area contributed by atoms with Crippen LogP contribution >= 0.6 is 0 Å². The summed E-state index contributed by atoms with van der Waals surface area (Å²) in [6.07, 6.45) is 2.46. The van der Waals surface area contributed by atoms with E-state index in [-0.39, 0.29) is 0 Å². The Morgan fingerprint density at radius 1 is 0.929 bits per heavy atom. The lowest BCUT2D eigenvalue weighted by Crippen LogP contribution is -1.93. The average Bonchev–Trinajstić information content (AvgIpc) is 2.14. The molecule has 14 heavy (non-hydrogen) atoms. The Morgan fingerprint density at radius 3 is 1.71 bits per heavy atom. The molecule has 0 saturated heterocycles. The van der Waals surface area contributed by atoms with Gasteiger partial charge in [-0.2, -0.15) is 0 Å². The maximum Gasteiger partial charge on any atom is -0.0276 e. The van der Waals surface area contributed by atoms with Gasteiger partial charge in [0.25, 0.3) is 0 Å². The van der Waals surface area contributed by atoms with E-state index in [4.69, 9.17) is 0 Å². The predicted molar refractivity (Wildman–Crippen MR) is 66.0 cm³/mol. The molecule has 0 aliphatic carbocycles. The van der Waals surface area contributed by atoms with Crippen LogP contribution in [0.3, 0.4) is 0 Å². The van der Waals surface area contributed by atoms with E-state index in [1.165, 1.54) is 29.5 Å². The van der Waals surface area contributed by atoms with Crippen molar-refractivity contribution in [2.45, 2.75) is 54.4 Å². The molecule has 0 amide bonds. The fourth-order valence-electron chi connectivity index (χ4n) is 1.85. The van der Waals surface area contributed by atoms with E-state index in [0.29, 0.717) is 0 Å². The summed E-state index contributed by atoms with van der Waals surface area (Å²) < 4.78 is 0. The van der Waals surface area contributed by atoms with Gasteiger partial charge >= 0.3 is 0 Å².